The number of fused-ring (bicyclic) bond motifs is 3. The van der Waals surface area contributed by atoms with Gasteiger partial charge in [0, 0.05) is 24.9 Å². The molecule has 7 nitrogen and oxygen atoms in total. The number of nitrogens with zero attached hydrogens (tertiary/aromatic N) is 1. The Bertz CT molecular complexity index is 1050. The van der Waals surface area contributed by atoms with Crippen molar-refractivity contribution in [2.45, 2.75) is 56.5 Å². The molecule has 1 aliphatic heterocycles. The van der Waals surface area contributed by atoms with Gasteiger partial charge < -0.3 is 20.1 Å². The molecule has 0 spiro atoms. The van der Waals surface area contributed by atoms with Crippen molar-refractivity contribution < 1.29 is 24.2 Å². The Labute approximate surface area is 205 Å². The van der Waals surface area contributed by atoms with Gasteiger partial charge in [-0.1, -0.05) is 54.6 Å². The summed E-state index contributed by atoms with van der Waals surface area (Å²) in [5.74, 6) is -1.15. The monoisotopic (exact) mass is 476 g/mol. The molecule has 2 aliphatic rings. The first-order valence-corrected chi connectivity index (χ1v) is 12.2. The van der Waals surface area contributed by atoms with Crippen molar-refractivity contribution in [3.8, 4) is 11.1 Å². The van der Waals surface area contributed by atoms with Crippen molar-refractivity contribution >= 4 is 18.0 Å². The van der Waals surface area contributed by atoms with Crippen LogP contribution in [0.1, 0.15) is 55.6 Å². The van der Waals surface area contributed by atoms with E-state index in [4.69, 9.17) is 9.84 Å². The predicted molar refractivity (Wildman–Crippen MR) is 133 cm³/mol. The molecular formula is C28H32N2O5. The number of piperidine rings is 1. The Morgan fingerprint density at radius 2 is 1.74 bits per heavy atom. The predicted octanol–water partition coefficient (Wildman–Crippen LogP) is 4.72. The Balaban J connectivity index is 1.41. The number of likely N-dealkylation sites (tertiary alicyclic amines) is 1. The Morgan fingerprint density at radius 3 is 2.37 bits per heavy atom. The highest BCUT2D eigenvalue weighted by Gasteiger charge is 2.33. The van der Waals surface area contributed by atoms with Gasteiger partial charge >= 0.3 is 12.1 Å². The van der Waals surface area contributed by atoms with E-state index in [1.807, 2.05) is 24.3 Å². The number of nitrogens with one attached hydrogen (secondary N) is 1. The van der Waals surface area contributed by atoms with Crippen molar-refractivity contribution in [3.05, 3.63) is 72.3 Å². The van der Waals surface area contributed by atoms with Crippen LogP contribution in [0, 0.1) is 0 Å². The van der Waals surface area contributed by atoms with Crippen LogP contribution in [0.15, 0.2) is 61.2 Å². The minimum absolute atomic E-state index is 0.0143. The third-order valence-corrected chi connectivity index (χ3v) is 6.94. The van der Waals surface area contributed by atoms with Crippen LogP contribution >= 0.6 is 0 Å². The molecule has 2 aromatic rings. The van der Waals surface area contributed by atoms with Crippen LogP contribution in [0.5, 0.6) is 0 Å². The summed E-state index contributed by atoms with van der Waals surface area (Å²) >= 11 is 0. The molecule has 0 radical (unpaired) electrons. The van der Waals surface area contributed by atoms with E-state index in [1.54, 1.807) is 11.0 Å². The summed E-state index contributed by atoms with van der Waals surface area (Å²) in [4.78, 5) is 38.9. The van der Waals surface area contributed by atoms with E-state index >= 15 is 0 Å². The maximum Gasteiger partial charge on any atom is 0.407 e. The minimum Gasteiger partial charge on any atom is -0.481 e. The van der Waals surface area contributed by atoms with Gasteiger partial charge in [-0.15, -0.1) is 6.58 Å². The number of benzene rings is 2. The molecule has 1 saturated heterocycles. The lowest BCUT2D eigenvalue weighted by Crippen LogP contribution is -2.53. The molecule has 0 saturated carbocycles. The SMILES string of the molecule is C=CCC(NC(=O)OCC1c2ccccc2-c2ccccc21)C(=O)N1CCCCC1CCC(=O)O. The molecule has 7 heteroatoms. The zero-order valence-corrected chi connectivity index (χ0v) is 19.8. The number of alkyl carbamates (subject to hydrolysis) is 1. The first-order chi connectivity index (χ1) is 17.0. The zero-order chi connectivity index (χ0) is 24.8. The second-order valence-corrected chi connectivity index (χ2v) is 9.16. The van der Waals surface area contributed by atoms with Gasteiger partial charge in [0.25, 0.3) is 0 Å². The van der Waals surface area contributed by atoms with E-state index < -0.39 is 18.1 Å². The van der Waals surface area contributed by atoms with Gasteiger partial charge in [-0.25, -0.2) is 4.79 Å². The van der Waals surface area contributed by atoms with E-state index in [0.717, 1.165) is 41.5 Å². The molecule has 2 unspecified atom stereocenters. The lowest BCUT2D eigenvalue weighted by atomic mass is 9.96. The maximum atomic E-state index is 13.3. The first kappa shape index (κ1) is 24.5. The van der Waals surface area contributed by atoms with E-state index in [-0.39, 0.29) is 37.3 Å². The third-order valence-electron chi connectivity index (χ3n) is 6.94. The molecule has 2 N–H and O–H groups in total. The molecule has 2 atom stereocenters. The fourth-order valence-electron chi connectivity index (χ4n) is 5.25. The fraction of sp³-hybridized carbons (Fsp3) is 0.393. The average molecular weight is 477 g/mol. The molecule has 2 amide bonds. The Morgan fingerprint density at radius 1 is 1.09 bits per heavy atom. The van der Waals surface area contributed by atoms with Crippen molar-refractivity contribution in [3.63, 3.8) is 0 Å². The number of carboxylic acids is 1. The topological polar surface area (TPSA) is 95.9 Å². The second kappa shape index (κ2) is 11.2. The van der Waals surface area contributed by atoms with Crippen LogP contribution in [-0.2, 0) is 14.3 Å². The summed E-state index contributed by atoms with van der Waals surface area (Å²) in [5.41, 5.74) is 4.54. The number of aliphatic carboxylic acids is 1. The van der Waals surface area contributed by atoms with Crippen LogP contribution in [0.4, 0.5) is 4.79 Å². The lowest BCUT2D eigenvalue weighted by molar-refractivity contribution is -0.141. The number of hydrogen-bond donors (Lipinski definition) is 2. The fourth-order valence-corrected chi connectivity index (χ4v) is 5.25. The standard InChI is InChI=1S/C28H32N2O5/c1-2-9-25(27(33)30-17-8-7-10-19(30)15-16-26(31)32)29-28(34)35-18-24-22-13-5-3-11-20(22)21-12-4-6-14-23(21)24/h2-6,11-14,19,24-25H,1,7-10,15-18H2,(H,29,34)(H,31,32). The Hall–Kier alpha value is -3.61. The molecule has 2 aromatic carbocycles. The van der Waals surface area contributed by atoms with Gasteiger partial charge in [0.2, 0.25) is 5.91 Å². The number of amides is 2. The number of carbonyl (C=O) groups excluding carboxylic acids is 2. The van der Waals surface area contributed by atoms with E-state index in [2.05, 4.69) is 36.2 Å². The summed E-state index contributed by atoms with van der Waals surface area (Å²) in [6.45, 7) is 4.46. The number of ether oxygens (including phenoxy) is 1. The highest BCUT2D eigenvalue weighted by Crippen LogP contribution is 2.44. The zero-order valence-electron chi connectivity index (χ0n) is 19.8. The van der Waals surface area contributed by atoms with Crippen LogP contribution in [0.2, 0.25) is 0 Å². The number of carbonyl (C=O) groups is 3. The summed E-state index contributed by atoms with van der Waals surface area (Å²) in [5, 5.41) is 11.8. The van der Waals surface area contributed by atoms with Crippen LogP contribution in [0.3, 0.4) is 0 Å². The van der Waals surface area contributed by atoms with Gasteiger partial charge in [0.15, 0.2) is 0 Å². The molecular weight excluding hydrogens is 444 g/mol. The minimum atomic E-state index is -0.873. The van der Waals surface area contributed by atoms with Crippen molar-refractivity contribution in [2.75, 3.05) is 13.2 Å². The normalized spacial score (nSPS) is 17.7. The van der Waals surface area contributed by atoms with Gasteiger partial charge in [-0.05, 0) is 54.4 Å². The van der Waals surface area contributed by atoms with Gasteiger partial charge in [0.1, 0.15) is 12.6 Å². The number of carboxylic acid groups (broad SMARTS) is 1. The van der Waals surface area contributed by atoms with Crippen molar-refractivity contribution in [1.29, 1.82) is 0 Å². The molecule has 184 valence electrons. The van der Waals surface area contributed by atoms with E-state index in [1.165, 1.54) is 0 Å². The van der Waals surface area contributed by atoms with Crippen LogP contribution in [0.25, 0.3) is 11.1 Å². The van der Waals surface area contributed by atoms with Gasteiger partial charge in [-0.3, -0.25) is 9.59 Å². The van der Waals surface area contributed by atoms with Crippen LogP contribution in [-0.4, -0.2) is 53.2 Å². The summed E-state index contributed by atoms with van der Waals surface area (Å²) in [6, 6.07) is 15.3. The van der Waals surface area contributed by atoms with Crippen molar-refractivity contribution in [2.24, 2.45) is 0 Å². The van der Waals surface area contributed by atoms with Gasteiger partial charge in [0.05, 0.1) is 0 Å². The molecule has 4 rings (SSSR count). The molecule has 0 aromatic heterocycles. The van der Waals surface area contributed by atoms with E-state index in [0.29, 0.717) is 13.0 Å². The summed E-state index contributed by atoms with van der Waals surface area (Å²) in [6.07, 6.45) is 4.23. The quantitative estimate of drug-likeness (QED) is 0.511. The lowest BCUT2D eigenvalue weighted by Gasteiger charge is -2.37. The molecule has 1 fully saturated rings. The third kappa shape index (κ3) is 5.56. The van der Waals surface area contributed by atoms with Gasteiger partial charge in [-0.2, -0.15) is 0 Å². The number of rotatable bonds is 9. The number of hydrogen-bond acceptors (Lipinski definition) is 4. The van der Waals surface area contributed by atoms with E-state index in [9.17, 15) is 14.4 Å². The van der Waals surface area contributed by atoms with Crippen molar-refractivity contribution in [1.82, 2.24) is 10.2 Å². The smallest absolute Gasteiger partial charge is 0.407 e. The molecule has 1 aliphatic carbocycles. The first-order valence-electron chi connectivity index (χ1n) is 12.2. The highest BCUT2D eigenvalue weighted by molar-refractivity contribution is 5.86. The molecule has 0 bridgehead atoms. The Kier molecular flexibility index (Phi) is 7.85. The molecule has 1 heterocycles. The summed E-state index contributed by atoms with van der Waals surface area (Å²) < 4.78 is 5.63. The molecule has 35 heavy (non-hydrogen) atoms. The highest BCUT2D eigenvalue weighted by atomic mass is 16.5. The van der Waals surface area contributed by atoms with Crippen LogP contribution < -0.4 is 5.32 Å². The largest absolute Gasteiger partial charge is 0.481 e. The second-order valence-electron chi connectivity index (χ2n) is 9.16. The maximum absolute atomic E-state index is 13.3. The average Bonchev–Trinajstić information content (AvgIpc) is 3.19. The summed E-state index contributed by atoms with van der Waals surface area (Å²) in [7, 11) is 0.